The number of amides is 1. The lowest BCUT2D eigenvalue weighted by Gasteiger charge is -2.12. The molecule has 34 heavy (non-hydrogen) atoms. The highest BCUT2D eigenvalue weighted by Crippen LogP contribution is 2.25. The fraction of sp³-hybridized carbons (Fsp3) is 0.286. The number of nitrogens with zero attached hydrogens (tertiary/aromatic N) is 2. The number of rotatable bonds is 7. The Morgan fingerprint density at radius 2 is 1.82 bits per heavy atom. The number of benzene rings is 2. The van der Waals surface area contributed by atoms with E-state index in [9.17, 15) is 10.1 Å². The van der Waals surface area contributed by atoms with Crippen LogP contribution in [0.4, 0.5) is 0 Å². The number of hydrogen-bond acceptors (Lipinski definition) is 3. The van der Waals surface area contributed by atoms with Crippen molar-refractivity contribution in [3.05, 3.63) is 87.2 Å². The van der Waals surface area contributed by atoms with Gasteiger partial charge in [0.05, 0.1) is 0 Å². The van der Waals surface area contributed by atoms with Crippen molar-refractivity contribution in [3.63, 3.8) is 0 Å². The summed E-state index contributed by atoms with van der Waals surface area (Å²) in [6, 6.07) is 20.3. The van der Waals surface area contributed by atoms with Gasteiger partial charge in [-0.1, -0.05) is 40.9 Å². The van der Waals surface area contributed by atoms with E-state index in [0.717, 1.165) is 64.1 Å². The Morgan fingerprint density at radius 3 is 2.47 bits per heavy atom. The maximum Gasteiger partial charge on any atom is 0.262 e. The predicted octanol–water partition coefficient (Wildman–Crippen LogP) is 6.40. The number of carbonyl (C=O) groups is 1. The Labute approximate surface area is 209 Å². The van der Waals surface area contributed by atoms with Crippen molar-refractivity contribution in [2.24, 2.45) is 0 Å². The fourth-order valence-corrected chi connectivity index (χ4v) is 4.67. The first-order valence-corrected chi connectivity index (χ1v) is 12.3. The zero-order valence-electron chi connectivity index (χ0n) is 19.5. The van der Waals surface area contributed by atoms with Gasteiger partial charge in [0.2, 0.25) is 0 Å². The van der Waals surface area contributed by atoms with Gasteiger partial charge >= 0.3 is 0 Å². The molecule has 1 aromatic heterocycles. The van der Waals surface area contributed by atoms with Gasteiger partial charge < -0.3 is 14.6 Å². The van der Waals surface area contributed by atoms with Crippen LogP contribution in [0.25, 0.3) is 11.8 Å². The van der Waals surface area contributed by atoms with Crippen LogP contribution in [0.5, 0.6) is 5.75 Å². The zero-order valence-corrected chi connectivity index (χ0v) is 21.1. The van der Waals surface area contributed by atoms with Crippen molar-refractivity contribution in [1.82, 2.24) is 9.88 Å². The molecular weight excluding hydrogens is 490 g/mol. The van der Waals surface area contributed by atoms with Crippen molar-refractivity contribution >= 4 is 27.9 Å². The van der Waals surface area contributed by atoms with Gasteiger partial charge in [0.1, 0.15) is 24.0 Å². The predicted molar refractivity (Wildman–Crippen MR) is 138 cm³/mol. The summed E-state index contributed by atoms with van der Waals surface area (Å²) in [4.78, 5) is 12.6. The van der Waals surface area contributed by atoms with E-state index in [2.05, 4.69) is 31.9 Å². The van der Waals surface area contributed by atoms with Crippen LogP contribution in [0.1, 0.15) is 48.2 Å². The second-order valence-corrected chi connectivity index (χ2v) is 9.61. The Hall–Kier alpha value is -3.30. The lowest BCUT2D eigenvalue weighted by molar-refractivity contribution is -0.117. The summed E-state index contributed by atoms with van der Waals surface area (Å²) in [6.07, 6.45) is 5.93. The maximum absolute atomic E-state index is 12.6. The van der Waals surface area contributed by atoms with Gasteiger partial charge in [0.15, 0.2) is 0 Å². The largest absolute Gasteiger partial charge is 0.489 e. The van der Waals surface area contributed by atoms with Crippen LogP contribution < -0.4 is 10.1 Å². The number of halogens is 1. The number of aromatic nitrogens is 1. The summed E-state index contributed by atoms with van der Waals surface area (Å²) in [6.45, 7) is 4.52. The molecule has 0 spiro atoms. The molecule has 6 heteroatoms. The van der Waals surface area contributed by atoms with E-state index in [4.69, 9.17) is 4.74 Å². The van der Waals surface area contributed by atoms with Crippen molar-refractivity contribution < 1.29 is 9.53 Å². The minimum Gasteiger partial charge on any atom is -0.489 e. The second kappa shape index (κ2) is 10.8. The van der Waals surface area contributed by atoms with Gasteiger partial charge in [-0.3, -0.25) is 4.79 Å². The van der Waals surface area contributed by atoms with E-state index in [1.807, 2.05) is 68.4 Å². The van der Waals surface area contributed by atoms with Gasteiger partial charge in [-0.05, 0) is 86.4 Å². The second-order valence-electron chi connectivity index (χ2n) is 8.70. The van der Waals surface area contributed by atoms with E-state index in [-0.39, 0.29) is 17.5 Å². The molecule has 1 aliphatic carbocycles. The highest BCUT2D eigenvalue weighted by molar-refractivity contribution is 9.10. The molecule has 0 bridgehead atoms. The topological polar surface area (TPSA) is 67.0 Å². The van der Waals surface area contributed by atoms with Crippen LogP contribution in [0.3, 0.4) is 0 Å². The number of carbonyl (C=O) groups excluding carboxylic acids is 1. The van der Waals surface area contributed by atoms with Crippen molar-refractivity contribution in [2.75, 3.05) is 0 Å². The van der Waals surface area contributed by atoms with Crippen LogP contribution in [-0.2, 0) is 11.4 Å². The molecular formula is C28H28BrN3O2. The minimum absolute atomic E-state index is 0.142. The number of nitriles is 1. The SMILES string of the molecule is Cc1cc(/C=C(/C#N)C(=O)NC2CCCC2)c(C)n1-c1ccc(OCc2ccc(Br)cc2)cc1. The molecule has 1 heterocycles. The van der Waals surface area contributed by atoms with Crippen molar-refractivity contribution in [1.29, 1.82) is 5.26 Å². The first-order chi connectivity index (χ1) is 16.4. The first-order valence-electron chi connectivity index (χ1n) is 11.5. The van der Waals surface area contributed by atoms with E-state index in [1.165, 1.54) is 0 Å². The van der Waals surface area contributed by atoms with E-state index < -0.39 is 0 Å². The molecule has 3 aromatic rings. The van der Waals surface area contributed by atoms with Gasteiger partial charge in [-0.25, -0.2) is 0 Å². The molecule has 174 valence electrons. The third-order valence-electron chi connectivity index (χ3n) is 6.24. The zero-order chi connectivity index (χ0) is 24.1. The Balaban J connectivity index is 1.48. The summed E-state index contributed by atoms with van der Waals surface area (Å²) < 4.78 is 9.09. The number of aryl methyl sites for hydroxylation is 1. The molecule has 0 aliphatic heterocycles. The Bertz CT molecular complexity index is 1230. The van der Waals surface area contributed by atoms with Gasteiger partial charge in [0, 0.05) is 27.6 Å². The third-order valence-corrected chi connectivity index (χ3v) is 6.77. The molecule has 1 saturated carbocycles. The molecule has 1 N–H and O–H groups in total. The number of ether oxygens (including phenoxy) is 1. The average Bonchev–Trinajstić information content (AvgIpc) is 3.44. The monoisotopic (exact) mass is 517 g/mol. The Kier molecular flexibility index (Phi) is 7.54. The smallest absolute Gasteiger partial charge is 0.262 e. The average molecular weight is 518 g/mol. The van der Waals surface area contributed by atoms with Crippen LogP contribution >= 0.6 is 15.9 Å². The minimum atomic E-state index is -0.286. The molecule has 0 saturated heterocycles. The molecule has 0 atom stereocenters. The van der Waals surface area contributed by atoms with Crippen LogP contribution in [-0.4, -0.2) is 16.5 Å². The van der Waals surface area contributed by atoms with Gasteiger partial charge in [0.25, 0.3) is 5.91 Å². The molecule has 0 unspecified atom stereocenters. The number of hydrogen-bond donors (Lipinski definition) is 1. The fourth-order valence-electron chi connectivity index (χ4n) is 4.41. The maximum atomic E-state index is 12.6. The van der Waals surface area contributed by atoms with Crippen LogP contribution in [0.2, 0.25) is 0 Å². The van der Waals surface area contributed by atoms with E-state index in [1.54, 1.807) is 6.08 Å². The van der Waals surface area contributed by atoms with Crippen molar-refractivity contribution in [2.45, 2.75) is 52.2 Å². The quantitative estimate of drug-likeness (QED) is 0.291. The Morgan fingerprint density at radius 1 is 1.15 bits per heavy atom. The molecule has 1 amide bonds. The first kappa shape index (κ1) is 23.8. The summed E-state index contributed by atoms with van der Waals surface area (Å²) in [5, 5.41) is 12.6. The highest BCUT2D eigenvalue weighted by Gasteiger charge is 2.20. The lowest BCUT2D eigenvalue weighted by atomic mass is 10.1. The van der Waals surface area contributed by atoms with Gasteiger partial charge in [-0.15, -0.1) is 0 Å². The molecule has 5 nitrogen and oxygen atoms in total. The molecule has 4 rings (SSSR count). The van der Waals surface area contributed by atoms with E-state index in [0.29, 0.717) is 6.61 Å². The summed E-state index contributed by atoms with van der Waals surface area (Å²) >= 11 is 3.44. The molecule has 2 aromatic carbocycles. The lowest BCUT2D eigenvalue weighted by Crippen LogP contribution is -2.33. The normalized spacial score (nSPS) is 14.1. The van der Waals surface area contributed by atoms with Crippen LogP contribution in [0.15, 0.2) is 64.6 Å². The number of nitrogens with one attached hydrogen (secondary N) is 1. The summed E-state index contributed by atoms with van der Waals surface area (Å²) in [5.41, 5.74) is 5.11. The summed E-state index contributed by atoms with van der Waals surface area (Å²) in [5.74, 6) is 0.510. The standard InChI is InChI=1S/C28H28BrN3O2/c1-19-15-22(16-23(17-30)28(33)31-25-5-3-4-6-25)20(2)32(19)26-11-13-27(14-12-26)34-18-21-7-9-24(29)10-8-21/h7-16,25H,3-6,18H2,1-2H3,(H,31,33)/b23-16-. The van der Waals surface area contributed by atoms with Gasteiger partial charge in [-0.2, -0.15) is 5.26 Å². The highest BCUT2D eigenvalue weighted by atomic mass is 79.9. The van der Waals surface area contributed by atoms with E-state index >= 15 is 0 Å². The molecule has 0 radical (unpaired) electrons. The van der Waals surface area contributed by atoms with Crippen LogP contribution in [0, 0.1) is 25.2 Å². The summed E-state index contributed by atoms with van der Waals surface area (Å²) in [7, 11) is 0. The third kappa shape index (κ3) is 5.60. The van der Waals surface area contributed by atoms with Crippen molar-refractivity contribution in [3.8, 4) is 17.5 Å². The molecule has 1 fully saturated rings. The molecule has 1 aliphatic rings.